The van der Waals surface area contributed by atoms with E-state index in [0.29, 0.717) is 11.6 Å². The van der Waals surface area contributed by atoms with E-state index in [-0.39, 0.29) is 6.04 Å². The summed E-state index contributed by atoms with van der Waals surface area (Å²) in [6, 6.07) is 11.7. The highest BCUT2D eigenvalue weighted by molar-refractivity contribution is 6.30. The molecule has 0 saturated heterocycles. The summed E-state index contributed by atoms with van der Waals surface area (Å²) in [6.07, 6.45) is 0. The van der Waals surface area contributed by atoms with Crippen LogP contribution in [0.3, 0.4) is 0 Å². The highest BCUT2D eigenvalue weighted by Crippen LogP contribution is 2.31. The summed E-state index contributed by atoms with van der Waals surface area (Å²) >= 11 is 6.13. The van der Waals surface area contributed by atoms with Crippen LogP contribution >= 0.6 is 11.6 Å². The van der Waals surface area contributed by atoms with E-state index in [9.17, 15) is 0 Å². The predicted molar refractivity (Wildman–Crippen MR) is 84.6 cm³/mol. The van der Waals surface area contributed by atoms with Gasteiger partial charge in [-0.3, -0.25) is 0 Å². The van der Waals surface area contributed by atoms with E-state index in [2.05, 4.69) is 19.1 Å². The molecule has 0 aliphatic carbocycles. The molecule has 2 N–H and O–H groups in total. The van der Waals surface area contributed by atoms with E-state index in [1.54, 1.807) is 0 Å². The van der Waals surface area contributed by atoms with Crippen LogP contribution in [0.1, 0.15) is 35.2 Å². The molecule has 0 spiro atoms. The quantitative estimate of drug-likeness (QED) is 0.905. The van der Waals surface area contributed by atoms with E-state index in [0.717, 1.165) is 28.0 Å². The maximum atomic E-state index is 6.42. The normalized spacial score (nSPS) is 12.2. The number of ether oxygens (including phenoxy) is 1. The molecule has 2 aromatic rings. The number of rotatable bonds is 4. The zero-order valence-corrected chi connectivity index (χ0v) is 12.9. The van der Waals surface area contributed by atoms with E-state index in [1.165, 1.54) is 0 Å². The van der Waals surface area contributed by atoms with Crippen LogP contribution in [-0.4, -0.2) is 6.61 Å². The minimum atomic E-state index is -0.242. The molecule has 2 aromatic carbocycles. The Morgan fingerprint density at radius 1 is 1.10 bits per heavy atom. The summed E-state index contributed by atoms with van der Waals surface area (Å²) in [5.74, 6) is 0.836. The van der Waals surface area contributed by atoms with Crippen molar-refractivity contribution in [3.05, 3.63) is 63.7 Å². The molecule has 0 fully saturated rings. The van der Waals surface area contributed by atoms with Gasteiger partial charge in [0.2, 0.25) is 0 Å². The Balaban J connectivity index is 2.46. The van der Waals surface area contributed by atoms with Gasteiger partial charge in [-0.15, -0.1) is 0 Å². The van der Waals surface area contributed by atoms with Crippen LogP contribution in [0.15, 0.2) is 36.4 Å². The van der Waals surface area contributed by atoms with Crippen molar-refractivity contribution in [2.75, 3.05) is 6.61 Å². The molecule has 0 aliphatic rings. The van der Waals surface area contributed by atoms with Crippen LogP contribution in [0.25, 0.3) is 0 Å². The third kappa shape index (κ3) is 3.33. The lowest BCUT2D eigenvalue weighted by Gasteiger charge is -2.18. The first-order chi connectivity index (χ1) is 9.51. The van der Waals surface area contributed by atoms with Gasteiger partial charge in [0.15, 0.2) is 0 Å². The Morgan fingerprint density at radius 2 is 1.85 bits per heavy atom. The molecule has 2 rings (SSSR count). The number of aryl methyl sites for hydroxylation is 2. The molecule has 0 bridgehead atoms. The fourth-order valence-corrected chi connectivity index (χ4v) is 2.62. The summed E-state index contributed by atoms with van der Waals surface area (Å²) in [5.41, 5.74) is 10.7. The highest BCUT2D eigenvalue weighted by Gasteiger charge is 2.15. The van der Waals surface area contributed by atoms with Crippen LogP contribution in [0.5, 0.6) is 5.75 Å². The smallest absolute Gasteiger partial charge is 0.124 e. The van der Waals surface area contributed by atoms with Gasteiger partial charge in [0, 0.05) is 10.6 Å². The average Bonchev–Trinajstić information content (AvgIpc) is 2.39. The lowest BCUT2D eigenvalue weighted by molar-refractivity contribution is 0.335. The number of hydrogen-bond acceptors (Lipinski definition) is 2. The second-order valence-corrected chi connectivity index (χ2v) is 5.45. The van der Waals surface area contributed by atoms with Gasteiger partial charge in [0.25, 0.3) is 0 Å². The third-order valence-corrected chi connectivity index (χ3v) is 3.44. The molecule has 3 heteroatoms. The Morgan fingerprint density at radius 3 is 2.50 bits per heavy atom. The zero-order chi connectivity index (χ0) is 14.7. The summed E-state index contributed by atoms with van der Waals surface area (Å²) in [5, 5.41) is 0.709. The minimum absolute atomic E-state index is 0.242. The zero-order valence-electron chi connectivity index (χ0n) is 12.1. The van der Waals surface area contributed by atoms with Crippen LogP contribution < -0.4 is 10.5 Å². The molecule has 20 heavy (non-hydrogen) atoms. The Bertz CT molecular complexity index is 590. The predicted octanol–water partition coefficient (Wildman–Crippen LogP) is 4.40. The lowest BCUT2D eigenvalue weighted by Crippen LogP contribution is -2.14. The first kappa shape index (κ1) is 14.9. The molecular formula is C17H20ClNO. The van der Waals surface area contributed by atoms with Crippen molar-refractivity contribution < 1.29 is 4.74 Å². The number of benzene rings is 2. The van der Waals surface area contributed by atoms with Gasteiger partial charge in [-0.1, -0.05) is 35.4 Å². The molecule has 0 saturated carbocycles. The van der Waals surface area contributed by atoms with Crippen molar-refractivity contribution in [3.8, 4) is 5.75 Å². The third-order valence-electron chi connectivity index (χ3n) is 3.22. The number of hydrogen-bond donors (Lipinski definition) is 1. The van der Waals surface area contributed by atoms with E-state index < -0.39 is 0 Å². The molecule has 0 aromatic heterocycles. The second kappa shape index (κ2) is 6.29. The molecule has 106 valence electrons. The lowest BCUT2D eigenvalue weighted by atomic mass is 9.96. The molecule has 0 aliphatic heterocycles. The second-order valence-electron chi connectivity index (χ2n) is 5.01. The Labute approximate surface area is 125 Å². The monoisotopic (exact) mass is 289 g/mol. The molecule has 1 atom stereocenters. The van der Waals surface area contributed by atoms with E-state index >= 15 is 0 Å². The van der Waals surface area contributed by atoms with Gasteiger partial charge in [0.05, 0.1) is 12.6 Å². The van der Waals surface area contributed by atoms with Crippen molar-refractivity contribution in [1.29, 1.82) is 0 Å². The molecule has 0 heterocycles. The Kier molecular flexibility index (Phi) is 4.69. The molecule has 2 nitrogen and oxygen atoms in total. The largest absolute Gasteiger partial charge is 0.494 e. The van der Waals surface area contributed by atoms with Crippen molar-refractivity contribution in [2.45, 2.75) is 26.8 Å². The maximum absolute atomic E-state index is 6.42. The van der Waals surface area contributed by atoms with Crippen LogP contribution in [0.4, 0.5) is 0 Å². The van der Waals surface area contributed by atoms with E-state index in [4.69, 9.17) is 22.1 Å². The van der Waals surface area contributed by atoms with Crippen LogP contribution in [-0.2, 0) is 0 Å². The Hall–Kier alpha value is -1.51. The SMILES string of the molecule is CCOc1ccc(C)cc1C(N)c1cc(C)cc(Cl)c1. The van der Waals surface area contributed by atoms with Gasteiger partial charge in [-0.05, 0) is 50.1 Å². The van der Waals surface area contributed by atoms with E-state index in [1.807, 2.05) is 38.1 Å². The maximum Gasteiger partial charge on any atom is 0.124 e. The molecule has 1 unspecified atom stereocenters. The first-order valence-corrected chi connectivity index (χ1v) is 7.15. The topological polar surface area (TPSA) is 35.2 Å². The molecular weight excluding hydrogens is 270 g/mol. The van der Waals surface area contributed by atoms with Crippen LogP contribution in [0.2, 0.25) is 5.02 Å². The van der Waals surface area contributed by atoms with Gasteiger partial charge in [0.1, 0.15) is 5.75 Å². The summed E-state index contributed by atoms with van der Waals surface area (Å²) in [4.78, 5) is 0. The average molecular weight is 290 g/mol. The van der Waals surface area contributed by atoms with Gasteiger partial charge in [-0.25, -0.2) is 0 Å². The standard InChI is InChI=1S/C17H20ClNO/c1-4-20-16-6-5-11(2)9-15(16)17(19)13-7-12(3)8-14(18)10-13/h5-10,17H,4,19H2,1-3H3. The van der Waals surface area contributed by atoms with Crippen molar-refractivity contribution in [3.63, 3.8) is 0 Å². The molecule has 0 amide bonds. The van der Waals surface area contributed by atoms with Crippen molar-refractivity contribution >= 4 is 11.6 Å². The summed E-state index contributed by atoms with van der Waals surface area (Å²) in [6.45, 7) is 6.66. The highest BCUT2D eigenvalue weighted by atomic mass is 35.5. The number of halogens is 1. The fourth-order valence-electron chi connectivity index (χ4n) is 2.32. The summed E-state index contributed by atoms with van der Waals surface area (Å²) in [7, 11) is 0. The fraction of sp³-hybridized carbons (Fsp3) is 0.294. The van der Waals surface area contributed by atoms with Crippen molar-refractivity contribution in [2.24, 2.45) is 5.73 Å². The molecule has 0 radical (unpaired) electrons. The number of nitrogens with two attached hydrogens (primary N) is 1. The van der Waals surface area contributed by atoms with Gasteiger partial charge in [-0.2, -0.15) is 0 Å². The summed E-state index contributed by atoms with van der Waals surface area (Å²) < 4.78 is 5.68. The first-order valence-electron chi connectivity index (χ1n) is 6.77. The van der Waals surface area contributed by atoms with Crippen molar-refractivity contribution in [1.82, 2.24) is 0 Å². The van der Waals surface area contributed by atoms with Gasteiger partial charge >= 0.3 is 0 Å². The van der Waals surface area contributed by atoms with Gasteiger partial charge < -0.3 is 10.5 Å². The minimum Gasteiger partial charge on any atom is -0.494 e. The van der Waals surface area contributed by atoms with Crippen LogP contribution in [0, 0.1) is 13.8 Å².